The summed E-state index contributed by atoms with van der Waals surface area (Å²) in [5, 5.41) is 62.5. The Balaban J connectivity index is 0.00000138. The molecule has 0 saturated carbocycles. The van der Waals surface area contributed by atoms with E-state index < -0.39 is 143 Å². The van der Waals surface area contributed by atoms with Crippen molar-refractivity contribution in [2.45, 2.75) is 409 Å². The second-order valence-electron chi connectivity index (χ2n) is 36.9. The fraction of sp³-hybridized carbons (Fsp3) is 0.816. The minimum absolute atomic E-state index is 0.0625. The number of carbonyl (C=O) groups excluding carboxylic acids is 18. The van der Waals surface area contributed by atoms with Gasteiger partial charge in [0.15, 0.2) is 0 Å². The minimum Gasteiger partial charge on any atom is -0.356 e. The third kappa shape index (κ3) is 64.1. The van der Waals surface area contributed by atoms with E-state index in [-0.39, 0.29) is 73.7 Å². The van der Waals surface area contributed by atoms with Gasteiger partial charge in [-0.15, -0.1) is 0 Å². The normalized spacial score (nSPS) is 20.8. The van der Waals surface area contributed by atoms with Gasteiger partial charge in [-0.1, -0.05) is 64.2 Å². The SMILES string of the molecule is CNCCCCCC(=O)CCCCC[C@@H]1NC(=O)[C@@H](C)NC(=O)[C@H](CCCCNC(=O)CCCCCNC)NC(=O)[C@@H](C)NC(=O)[C@H](CCCCNC(=O)CCCCCNC)NC(=O)[C@@H](C)NC1=O.CNCCCCCC(=O)CCCCC[C@@H]1NC(=O)[C@@H](C)NC(=O)[C@H](CCCCNC(=O)CCCCCNC)NC(=O)[C@@H](C)NC(=O)[C@H](CCCCNC(=O)CCCCCNC)NC(=O)[C@@H](C)NC1=O. The maximum Gasteiger partial charge on any atom is 0.243 e. The van der Waals surface area contributed by atoms with Gasteiger partial charge in [-0.25, -0.2) is 0 Å². The largest absolute Gasteiger partial charge is 0.356 e. The highest BCUT2D eigenvalue weighted by Gasteiger charge is 2.36. The first-order valence-electron chi connectivity index (χ1n) is 51.9. The molecule has 2 aliphatic rings. The number of hydrogen-bond acceptors (Lipinski definition) is 24. The number of amides is 16. The summed E-state index contributed by atoms with van der Waals surface area (Å²) in [7, 11) is 11.3. The summed E-state index contributed by atoms with van der Waals surface area (Å²) in [5.41, 5.74) is 0. The molecule has 2 fully saturated rings. The maximum absolute atomic E-state index is 13.8. The molecule has 40 nitrogen and oxygen atoms in total. The van der Waals surface area contributed by atoms with Crippen molar-refractivity contribution < 1.29 is 86.3 Å². The van der Waals surface area contributed by atoms with Gasteiger partial charge in [0.2, 0.25) is 94.5 Å². The Labute approximate surface area is 822 Å². The van der Waals surface area contributed by atoms with Crippen molar-refractivity contribution in [2.75, 3.05) is 108 Å². The van der Waals surface area contributed by atoms with Crippen molar-refractivity contribution in [3.8, 4) is 0 Å². The van der Waals surface area contributed by atoms with Gasteiger partial charge in [0.25, 0.3) is 0 Å². The highest BCUT2D eigenvalue weighted by Crippen LogP contribution is 2.17. The molecule has 2 saturated heterocycles. The van der Waals surface area contributed by atoms with Crippen LogP contribution < -0.4 is 117 Å². The van der Waals surface area contributed by atoms with Crippen LogP contribution in [0.15, 0.2) is 0 Å². The van der Waals surface area contributed by atoms with E-state index in [1.54, 1.807) is 0 Å². The van der Waals surface area contributed by atoms with E-state index in [9.17, 15) is 86.3 Å². The van der Waals surface area contributed by atoms with Crippen molar-refractivity contribution >= 4 is 106 Å². The molecule has 0 aliphatic carbocycles. The molecule has 138 heavy (non-hydrogen) atoms. The molecular weight excluding hydrogens is 1770 g/mol. The zero-order valence-electron chi connectivity index (χ0n) is 85.9. The molecule has 0 aromatic heterocycles. The van der Waals surface area contributed by atoms with Crippen LogP contribution in [0.5, 0.6) is 0 Å². The van der Waals surface area contributed by atoms with E-state index in [0.29, 0.717) is 167 Å². The van der Waals surface area contributed by atoms with Crippen molar-refractivity contribution in [2.24, 2.45) is 0 Å². The highest BCUT2D eigenvalue weighted by molar-refractivity contribution is 6.00. The molecule has 0 bridgehead atoms. The summed E-state index contributed by atoms with van der Waals surface area (Å²) in [6.07, 6.45) is 28.1. The zero-order valence-corrected chi connectivity index (χ0v) is 85.9. The number of Topliss-reactive ketones (excluding diaryl/α,β-unsaturated/α-hetero) is 2. The lowest BCUT2D eigenvalue weighted by Crippen LogP contribution is -2.60. The number of hydrogen-bond donors (Lipinski definition) is 22. The predicted octanol–water partition coefficient (Wildman–Crippen LogP) is 2.80. The molecule has 2 rings (SSSR count). The van der Waals surface area contributed by atoms with Crippen LogP contribution in [0.3, 0.4) is 0 Å². The first kappa shape index (κ1) is 127. The Bertz CT molecular complexity index is 2970. The summed E-state index contributed by atoms with van der Waals surface area (Å²) in [4.78, 5) is 239. The molecule has 22 N–H and O–H groups in total. The summed E-state index contributed by atoms with van der Waals surface area (Å²) in [5.74, 6) is -7.73. The fourth-order valence-electron chi connectivity index (χ4n) is 15.4. The van der Waals surface area contributed by atoms with Crippen molar-refractivity contribution in [1.82, 2.24) is 117 Å². The van der Waals surface area contributed by atoms with E-state index in [1.165, 1.54) is 41.5 Å². The van der Waals surface area contributed by atoms with Crippen LogP contribution in [0.25, 0.3) is 0 Å². The van der Waals surface area contributed by atoms with Crippen molar-refractivity contribution in [1.29, 1.82) is 0 Å². The van der Waals surface area contributed by atoms with E-state index in [4.69, 9.17) is 0 Å². The summed E-state index contributed by atoms with van der Waals surface area (Å²) < 4.78 is 0. The smallest absolute Gasteiger partial charge is 0.243 e. The number of rotatable bonds is 68. The molecular formula is C98H182N22O18. The van der Waals surface area contributed by atoms with Crippen LogP contribution in [-0.4, -0.2) is 286 Å². The minimum atomic E-state index is -1.14. The van der Waals surface area contributed by atoms with Gasteiger partial charge >= 0.3 is 0 Å². The third-order valence-corrected chi connectivity index (χ3v) is 24.3. The third-order valence-electron chi connectivity index (χ3n) is 24.3. The fourth-order valence-corrected chi connectivity index (χ4v) is 15.4. The summed E-state index contributed by atoms with van der Waals surface area (Å²) in [6, 6.07) is -13.5. The quantitative estimate of drug-likeness (QED) is 0.0389. The van der Waals surface area contributed by atoms with Gasteiger partial charge in [0.1, 0.15) is 84.1 Å². The maximum atomic E-state index is 13.8. The average molecular weight is 1960 g/mol. The van der Waals surface area contributed by atoms with Gasteiger partial charge in [-0.2, -0.15) is 0 Å². The first-order chi connectivity index (χ1) is 66.2. The Kier molecular flexibility index (Phi) is 74.6. The molecule has 2 heterocycles. The van der Waals surface area contributed by atoms with Crippen LogP contribution >= 0.6 is 0 Å². The molecule has 792 valence electrons. The lowest BCUT2D eigenvalue weighted by Gasteiger charge is -2.27. The Morgan fingerprint density at radius 3 is 0.471 bits per heavy atom. The topological polar surface area (TPSA) is 572 Å². The summed E-state index contributed by atoms with van der Waals surface area (Å²) >= 11 is 0. The zero-order chi connectivity index (χ0) is 102. The predicted molar refractivity (Wildman–Crippen MR) is 535 cm³/mol. The Hall–Kier alpha value is -9.38. The molecule has 2 aliphatic heterocycles. The van der Waals surface area contributed by atoms with Gasteiger partial charge < -0.3 is 117 Å². The van der Waals surface area contributed by atoms with Crippen LogP contribution in [0.4, 0.5) is 0 Å². The summed E-state index contributed by atoms with van der Waals surface area (Å²) in [6.45, 7) is 15.6. The number of carbonyl (C=O) groups is 18. The van der Waals surface area contributed by atoms with Crippen molar-refractivity contribution in [3.05, 3.63) is 0 Å². The molecule has 0 unspecified atom stereocenters. The lowest BCUT2D eigenvalue weighted by atomic mass is 10.0. The number of unbranched alkanes of at least 4 members (excludes halogenated alkanes) is 20. The standard InChI is InChI=1S/2C49H91N11O9/c2*1-35-44(64)58-39(25-13-7-11-23-38(61)24-12-8-18-30-50-4)47(67)55-36(2)45(65)59-41(27-17-22-34-54-43(63)29-15-10-20-32-52-6)49(69)57-37(3)46(66)60-40(48(68)56-35)26-16-21-33-53-42(62)28-14-9-19-31-51-5/h2*35-37,39-41,50-52H,7-34H2,1-6H3,(H,53,62)(H,54,63)(H,55,67)(H,56,68)(H,57,69)(H,58,64)(H,59,65)(H,60,66)/t2*35-,36-,37-,39+,40+,41+/m11/s1. The number of nitrogens with one attached hydrogen (secondary N) is 22. The Morgan fingerprint density at radius 2 is 0.312 bits per heavy atom. The van der Waals surface area contributed by atoms with Gasteiger partial charge in [-0.05, 0) is 303 Å². The lowest BCUT2D eigenvalue weighted by molar-refractivity contribution is -0.136. The molecule has 0 aromatic carbocycles. The van der Waals surface area contributed by atoms with E-state index in [1.807, 2.05) is 42.3 Å². The van der Waals surface area contributed by atoms with Crippen LogP contribution in [0.1, 0.15) is 337 Å². The highest BCUT2D eigenvalue weighted by atomic mass is 16.2. The Morgan fingerprint density at radius 1 is 0.174 bits per heavy atom. The first-order valence-corrected chi connectivity index (χ1v) is 51.9. The monoisotopic (exact) mass is 1960 g/mol. The molecule has 0 aromatic rings. The van der Waals surface area contributed by atoms with Crippen LogP contribution in [0, 0.1) is 0 Å². The van der Waals surface area contributed by atoms with Gasteiger partial charge in [-0.3, -0.25) is 86.3 Å². The second kappa shape index (κ2) is 81.3. The van der Waals surface area contributed by atoms with E-state index >= 15 is 0 Å². The number of ketones is 2. The van der Waals surface area contributed by atoms with Crippen LogP contribution in [0.2, 0.25) is 0 Å². The average Bonchev–Trinajstić information content (AvgIpc) is 0.859. The molecule has 40 heteroatoms. The second-order valence-corrected chi connectivity index (χ2v) is 36.9. The van der Waals surface area contributed by atoms with Crippen LogP contribution in [-0.2, 0) is 86.3 Å². The molecule has 0 radical (unpaired) electrons. The van der Waals surface area contributed by atoms with Gasteiger partial charge in [0.05, 0.1) is 0 Å². The molecule has 12 atom stereocenters. The van der Waals surface area contributed by atoms with E-state index in [2.05, 4.69) is 117 Å². The van der Waals surface area contributed by atoms with Crippen molar-refractivity contribution in [3.63, 3.8) is 0 Å². The van der Waals surface area contributed by atoms with E-state index in [0.717, 1.165) is 155 Å². The molecule has 0 spiro atoms. The molecule has 16 amide bonds. The van der Waals surface area contributed by atoms with Gasteiger partial charge in [0, 0.05) is 77.5 Å².